The van der Waals surface area contributed by atoms with Crippen LogP contribution in [-0.2, 0) is 17.2 Å². The molecule has 1 fully saturated rings. The molecule has 0 N–H and O–H groups in total. The summed E-state index contributed by atoms with van der Waals surface area (Å²) in [6.45, 7) is 0.817. The Morgan fingerprint density at radius 3 is 2.46 bits per heavy atom. The first kappa shape index (κ1) is 16.9. The van der Waals surface area contributed by atoms with Gasteiger partial charge in [0.25, 0.3) is 5.91 Å². The maximum atomic E-state index is 12.9. The molecule has 0 bridgehead atoms. The number of benzene rings is 2. The van der Waals surface area contributed by atoms with Crippen LogP contribution in [0.4, 0.5) is 0 Å². The number of nitrogens with zero attached hydrogens (tertiary/aromatic N) is 1. The van der Waals surface area contributed by atoms with Gasteiger partial charge in [-0.3, -0.25) is 9.00 Å². The molecular weight excluding hydrogens is 318 g/mol. The van der Waals surface area contributed by atoms with E-state index < -0.39 is 10.8 Å². The fourth-order valence-corrected chi connectivity index (χ4v) is 3.84. The number of rotatable bonds is 4. The van der Waals surface area contributed by atoms with Crippen molar-refractivity contribution in [3.63, 3.8) is 0 Å². The highest BCUT2D eigenvalue weighted by atomic mass is 32.2. The normalized spacial score (nSPS) is 19.0. The van der Waals surface area contributed by atoms with Crippen molar-refractivity contribution in [1.82, 2.24) is 4.90 Å². The van der Waals surface area contributed by atoms with Crippen LogP contribution >= 0.6 is 0 Å². The zero-order valence-corrected chi connectivity index (χ0v) is 14.8. The van der Waals surface area contributed by atoms with Crippen LogP contribution in [0.15, 0.2) is 59.5 Å². The van der Waals surface area contributed by atoms with Crippen molar-refractivity contribution < 1.29 is 9.00 Å². The molecule has 0 saturated carbocycles. The number of hydrogen-bond donors (Lipinski definition) is 0. The minimum atomic E-state index is -1.01. The van der Waals surface area contributed by atoms with E-state index in [1.165, 1.54) is 12.0 Å². The molecular formula is C20H23NO2S. The quantitative estimate of drug-likeness (QED) is 0.851. The lowest BCUT2D eigenvalue weighted by Crippen LogP contribution is -2.44. The van der Waals surface area contributed by atoms with Gasteiger partial charge in [-0.05, 0) is 55.5 Å². The van der Waals surface area contributed by atoms with Crippen molar-refractivity contribution in [2.75, 3.05) is 12.8 Å². The second-order valence-electron chi connectivity index (χ2n) is 6.32. The summed E-state index contributed by atoms with van der Waals surface area (Å²) in [7, 11) is -1.01. The van der Waals surface area contributed by atoms with Crippen LogP contribution in [0.5, 0.6) is 0 Å². The molecule has 1 saturated heterocycles. The van der Waals surface area contributed by atoms with Crippen LogP contribution < -0.4 is 0 Å². The minimum Gasteiger partial charge on any atom is -0.335 e. The van der Waals surface area contributed by atoms with Crippen LogP contribution in [0.3, 0.4) is 0 Å². The second-order valence-corrected chi connectivity index (χ2v) is 7.70. The van der Waals surface area contributed by atoms with Crippen LogP contribution in [-0.4, -0.2) is 33.9 Å². The molecule has 2 atom stereocenters. The Morgan fingerprint density at radius 1 is 1.08 bits per heavy atom. The van der Waals surface area contributed by atoms with Gasteiger partial charge in [0.05, 0.1) is 0 Å². The molecule has 126 valence electrons. The lowest BCUT2D eigenvalue weighted by Gasteiger charge is -2.36. The standard InChI is InChI=1S/C20H23NO2S/c1-24(23)19-12-10-17(11-13-19)20(22)21-14-6-5-9-18(21)15-16-7-3-2-4-8-16/h2-4,7-8,10-13,18H,5-6,9,14-15H2,1H3/t18-,24+/m0/s1. The fourth-order valence-electron chi connectivity index (χ4n) is 3.32. The van der Waals surface area contributed by atoms with Crippen LogP contribution in [0.1, 0.15) is 35.2 Å². The monoisotopic (exact) mass is 341 g/mol. The zero-order valence-electron chi connectivity index (χ0n) is 14.0. The van der Waals surface area contributed by atoms with Gasteiger partial charge in [-0.15, -0.1) is 0 Å². The van der Waals surface area contributed by atoms with Gasteiger partial charge < -0.3 is 4.90 Å². The third kappa shape index (κ3) is 3.93. The van der Waals surface area contributed by atoms with E-state index in [9.17, 15) is 9.00 Å². The number of hydrogen-bond acceptors (Lipinski definition) is 2. The molecule has 0 spiro atoms. The zero-order chi connectivity index (χ0) is 16.9. The molecule has 2 aromatic carbocycles. The molecule has 1 heterocycles. The number of piperidine rings is 1. The van der Waals surface area contributed by atoms with Crippen molar-refractivity contribution in [2.24, 2.45) is 0 Å². The molecule has 0 unspecified atom stereocenters. The molecule has 0 aromatic heterocycles. The lowest BCUT2D eigenvalue weighted by atomic mass is 9.95. The largest absolute Gasteiger partial charge is 0.335 e. The van der Waals surface area contributed by atoms with Crippen molar-refractivity contribution in [3.8, 4) is 0 Å². The third-order valence-electron chi connectivity index (χ3n) is 4.64. The molecule has 4 heteroatoms. The summed E-state index contributed by atoms with van der Waals surface area (Å²) in [6.07, 6.45) is 5.85. The average molecular weight is 341 g/mol. The maximum Gasteiger partial charge on any atom is 0.254 e. The van der Waals surface area contributed by atoms with Crippen molar-refractivity contribution in [3.05, 3.63) is 65.7 Å². The minimum absolute atomic E-state index is 0.0871. The van der Waals surface area contributed by atoms with Gasteiger partial charge in [0.15, 0.2) is 0 Å². The molecule has 1 aliphatic rings. The van der Waals surface area contributed by atoms with Crippen molar-refractivity contribution in [1.29, 1.82) is 0 Å². The van der Waals surface area contributed by atoms with Crippen LogP contribution in [0.2, 0.25) is 0 Å². The fraction of sp³-hybridized carbons (Fsp3) is 0.350. The Bertz CT molecular complexity index is 712. The van der Waals surface area contributed by atoms with Gasteiger partial charge in [0, 0.05) is 40.1 Å². The first-order valence-corrected chi connectivity index (χ1v) is 9.99. The number of amides is 1. The Labute approximate surface area is 146 Å². The predicted molar refractivity (Wildman–Crippen MR) is 97.6 cm³/mol. The van der Waals surface area contributed by atoms with Gasteiger partial charge >= 0.3 is 0 Å². The van der Waals surface area contributed by atoms with Gasteiger partial charge in [-0.1, -0.05) is 30.3 Å². The predicted octanol–water partition coefficient (Wildman–Crippen LogP) is 3.66. The maximum absolute atomic E-state index is 12.9. The lowest BCUT2D eigenvalue weighted by molar-refractivity contribution is 0.0613. The SMILES string of the molecule is C[S@@](=O)c1ccc(C(=O)N2CCCC[C@H]2Cc2ccccc2)cc1. The summed E-state index contributed by atoms with van der Waals surface area (Å²) >= 11 is 0. The summed E-state index contributed by atoms with van der Waals surface area (Å²) in [6, 6.07) is 17.8. The molecule has 24 heavy (non-hydrogen) atoms. The van der Waals surface area contributed by atoms with E-state index in [1.807, 2.05) is 23.1 Å². The first-order valence-electron chi connectivity index (χ1n) is 8.43. The topological polar surface area (TPSA) is 37.4 Å². The average Bonchev–Trinajstić information content (AvgIpc) is 2.62. The highest BCUT2D eigenvalue weighted by Gasteiger charge is 2.27. The second kappa shape index (κ2) is 7.75. The molecule has 2 aromatic rings. The van der Waals surface area contributed by atoms with E-state index >= 15 is 0 Å². The van der Waals surface area contributed by atoms with Gasteiger partial charge in [0.1, 0.15) is 0 Å². The molecule has 1 amide bonds. The molecule has 3 rings (SSSR count). The summed E-state index contributed by atoms with van der Waals surface area (Å²) in [4.78, 5) is 15.7. The van der Waals surface area contributed by atoms with Crippen molar-refractivity contribution in [2.45, 2.75) is 36.6 Å². The van der Waals surface area contributed by atoms with E-state index in [1.54, 1.807) is 30.5 Å². The highest BCUT2D eigenvalue weighted by Crippen LogP contribution is 2.23. The first-order chi connectivity index (χ1) is 11.6. The molecule has 0 radical (unpaired) electrons. The van der Waals surface area contributed by atoms with Crippen LogP contribution in [0.25, 0.3) is 0 Å². The van der Waals surface area contributed by atoms with Crippen molar-refractivity contribution >= 4 is 16.7 Å². The van der Waals surface area contributed by atoms with Gasteiger partial charge in [-0.25, -0.2) is 0 Å². The summed E-state index contributed by atoms with van der Waals surface area (Å²) < 4.78 is 11.5. The highest BCUT2D eigenvalue weighted by molar-refractivity contribution is 7.84. The van der Waals surface area contributed by atoms with E-state index in [0.29, 0.717) is 5.56 Å². The summed E-state index contributed by atoms with van der Waals surface area (Å²) in [5, 5.41) is 0. The van der Waals surface area contributed by atoms with E-state index in [-0.39, 0.29) is 11.9 Å². The van der Waals surface area contributed by atoms with Gasteiger partial charge in [0.2, 0.25) is 0 Å². The van der Waals surface area contributed by atoms with E-state index in [2.05, 4.69) is 12.1 Å². The summed E-state index contributed by atoms with van der Waals surface area (Å²) in [5.74, 6) is 0.0871. The number of carbonyl (C=O) groups excluding carboxylic acids is 1. The molecule has 1 aliphatic heterocycles. The van der Waals surface area contributed by atoms with Crippen LogP contribution in [0, 0.1) is 0 Å². The Morgan fingerprint density at radius 2 is 1.79 bits per heavy atom. The Kier molecular flexibility index (Phi) is 5.46. The molecule has 0 aliphatic carbocycles. The third-order valence-corrected chi connectivity index (χ3v) is 5.57. The Hall–Kier alpha value is -1.94. The Balaban J connectivity index is 1.76. The van der Waals surface area contributed by atoms with E-state index in [0.717, 1.165) is 30.7 Å². The smallest absolute Gasteiger partial charge is 0.254 e. The van der Waals surface area contributed by atoms with Gasteiger partial charge in [-0.2, -0.15) is 0 Å². The number of carbonyl (C=O) groups is 1. The molecule has 3 nitrogen and oxygen atoms in total. The van der Waals surface area contributed by atoms with E-state index in [4.69, 9.17) is 0 Å². The summed E-state index contributed by atoms with van der Waals surface area (Å²) in [5.41, 5.74) is 1.96. The number of likely N-dealkylation sites (tertiary alicyclic amines) is 1.